The molecular weight excluding hydrogens is 283 g/mol. The Morgan fingerprint density at radius 2 is 2.05 bits per heavy atom. The first kappa shape index (κ1) is 14.7. The van der Waals surface area contributed by atoms with E-state index >= 15 is 0 Å². The standard InChI is InChI=1S/C17H17FN2O2/c18-15-7-4-13(5-8-15)6-9-16-14(12-21)11-20(19-16)17-3-1-2-10-22-17/h4-9,11-12,17H,1-3,10H2. The Morgan fingerprint density at radius 1 is 1.23 bits per heavy atom. The molecule has 1 fully saturated rings. The van der Waals surface area contributed by atoms with E-state index in [1.807, 2.05) is 0 Å². The lowest BCUT2D eigenvalue weighted by Crippen LogP contribution is -2.18. The third-order valence-electron chi connectivity index (χ3n) is 3.67. The molecule has 1 aliphatic heterocycles. The van der Waals surface area contributed by atoms with E-state index in [1.165, 1.54) is 12.1 Å². The summed E-state index contributed by atoms with van der Waals surface area (Å²) in [5, 5.41) is 4.44. The first-order valence-electron chi connectivity index (χ1n) is 7.36. The van der Waals surface area contributed by atoms with Crippen molar-refractivity contribution in [3.8, 4) is 0 Å². The van der Waals surface area contributed by atoms with E-state index in [4.69, 9.17) is 4.74 Å². The number of aromatic nitrogens is 2. The third-order valence-corrected chi connectivity index (χ3v) is 3.67. The Bertz CT molecular complexity index is 670. The first-order valence-corrected chi connectivity index (χ1v) is 7.36. The monoisotopic (exact) mass is 300 g/mol. The van der Waals surface area contributed by atoms with Crippen LogP contribution in [-0.4, -0.2) is 22.7 Å². The highest BCUT2D eigenvalue weighted by Crippen LogP contribution is 2.23. The normalized spacial score (nSPS) is 18.7. The van der Waals surface area contributed by atoms with Crippen molar-refractivity contribution in [1.29, 1.82) is 0 Å². The summed E-state index contributed by atoms with van der Waals surface area (Å²) < 4.78 is 20.3. The maximum absolute atomic E-state index is 12.9. The van der Waals surface area contributed by atoms with Gasteiger partial charge in [-0.05, 0) is 43.0 Å². The van der Waals surface area contributed by atoms with Crippen LogP contribution in [0.25, 0.3) is 12.2 Å². The molecule has 1 aromatic carbocycles. The molecule has 1 atom stereocenters. The summed E-state index contributed by atoms with van der Waals surface area (Å²) in [6.45, 7) is 0.724. The van der Waals surface area contributed by atoms with Gasteiger partial charge in [0.2, 0.25) is 0 Å². The van der Waals surface area contributed by atoms with Crippen LogP contribution in [0.3, 0.4) is 0 Å². The molecule has 0 spiro atoms. The Labute approximate surface area is 128 Å². The average Bonchev–Trinajstić information content (AvgIpc) is 2.98. The minimum Gasteiger partial charge on any atom is -0.357 e. The van der Waals surface area contributed by atoms with Crippen LogP contribution in [0.1, 0.15) is 47.1 Å². The van der Waals surface area contributed by atoms with E-state index in [0.717, 1.165) is 37.7 Å². The summed E-state index contributed by atoms with van der Waals surface area (Å²) in [6, 6.07) is 6.14. The van der Waals surface area contributed by atoms with Crippen molar-refractivity contribution in [2.24, 2.45) is 0 Å². The second-order valence-corrected chi connectivity index (χ2v) is 5.27. The lowest BCUT2D eigenvalue weighted by atomic mass is 10.2. The van der Waals surface area contributed by atoms with Gasteiger partial charge in [-0.25, -0.2) is 9.07 Å². The van der Waals surface area contributed by atoms with E-state index in [0.29, 0.717) is 11.3 Å². The molecule has 2 heterocycles. The second-order valence-electron chi connectivity index (χ2n) is 5.27. The fourth-order valence-corrected chi connectivity index (χ4v) is 2.47. The van der Waals surface area contributed by atoms with Crippen LogP contribution in [0.15, 0.2) is 30.5 Å². The molecule has 1 aromatic heterocycles. The van der Waals surface area contributed by atoms with E-state index < -0.39 is 0 Å². The van der Waals surface area contributed by atoms with Crippen molar-refractivity contribution in [1.82, 2.24) is 9.78 Å². The zero-order valence-electron chi connectivity index (χ0n) is 12.1. The molecule has 114 valence electrons. The Morgan fingerprint density at radius 3 is 2.73 bits per heavy atom. The van der Waals surface area contributed by atoms with Gasteiger partial charge < -0.3 is 4.74 Å². The number of hydrogen-bond donors (Lipinski definition) is 0. The van der Waals surface area contributed by atoms with Gasteiger partial charge in [0.15, 0.2) is 6.29 Å². The van der Waals surface area contributed by atoms with Crippen molar-refractivity contribution in [3.05, 3.63) is 53.1 Å². The smallest absolute Gasteiger partial charge is 0.153 e. The summed E-state index contributed by atoms with van der Waals surface area (Å²) in [5.41, 5.74) is 1.96. The highest BCUT2D eigenvalue weighted by Gasteiger charge is 2.18. The average molecular weight is 300 g/mol. The lowest BCUT2D eigenvalue weighted by molar-refractivity contribution is -0.0395. The fraction of sp³-hybridized carbons (Fsp3) is 0.294. The largest absolute Gasteiger partial charge is 0.357 e. The first-order chi connectivity index (χ1) is 10.8. The Kier molecular flexibility index (Phi) is 4.44. The topological polar surface area (TPSA) is 44.1 Å². The Balaban J connectivity index is 1.81. The molecule has 0 aliphatic carbocycles. The zero-order valence-corrected chi connectivity index (χ0v) is 12.1. The van der Waals surface area contributed by atoms with E-state index in [-0.39, 0.29) is 12.0 Å². The minimum atomic E-state index is -0.274. The predicted molar refractivity (Wildman–Crippen MR) is 81.8 cm³/mol. The summed E-state index contributed by atoms with van der Waals surface area (Å²) in [6.07, 6.45) is 9.04. The van der Waals surface area contributed by atoms with E-state index in [2.05, 4.69) is 5.10 Å². The minimum absolute atomic E-state index is 0.0968. The van der Waals surface area contributed by atoms with Crippen LogP contribution in [0.2, 0.25) is 0 Å². The van der Waals surface area contributed by atoms with Crippen LogP contribution in [0.4, 0.5) is 4.39 Å². The van der Waals surface area contributed by atoms with E-state index in [1.54, 1.807) is 35.2 Å². The molecule has 0 amide bonds. The van der Waals surface area contributed by atoms with Crippen LogP contribution >= 0.6 is 0 Å². The molecule has 0 N–H and O–H groups in total. The van der Waals surface area contributed by atoms with Gasteiger partial charge in [0.05, 0.1) is 11.3 Å². The molecule has 22 heavy (non-hydrogen) atoms. The number of hydrogen-bond acceptors (Lipinski definition) is 3. The predicted octanol–water partition coefficient (Wildman–Crippen LogP) is 3.70. The SMILES string of the molecule is O=Cc1cn(C2CCCCO2)nc1C=Cc1ccc(F)cc1. The van der Waals surface area contributed by atoms with Gasteiger partial charge in [-0.15, -0.1) is 0 Å². The molecule has 5 heteroatoms. The summed E-state index contributed by atoms with van der Waals surface area (Å²) in [5.74, 6) is -0.274. The maximum atomic E-state index is 12.9. The molecule has 2 aromatic rings. The van der Waals surface area contributed by atoms with Crippen molar-refractivity contribution in [3.63, 3.8) is 0 Å². The number of rotatable bonds is 4. The highest BCUT2D eigenvalue weighted by molar-refractivity contribution is 5.83. The van der Waals surface area contributed by atoms with Gasteiger partial charge in [0.1, 0.15) is 12.0 Å². The molecule has 0 saturated carbocycles. The van der Waals surface area contributed by atoms with Gasteiger partial charge in [0.25, 0.3) is 0 Å². The zero-order chi connectivity index (χ0) is 15.4. The summed E-state index contributed by atoms with van der Waals surface area (Å²) in [4.78, 5) is 11.2. The summed E-state index contributed by atoms with van der Waals surface area (Å²) >= 11 is 0. The van der Waals surface area contributed by atoms with Crippen LogP contribution in [-0.2, 0) is 4.74 Å². The van der Waals surface area contributed by atoms with Crippen LogP contribution in [0, 0.1) is 5.82 Å². The molecule has 0 bridgehead atoms. The van der Waals surface area contributed by atoms with Crippen molar-refractivity contribution in [2.45, 2.75) is 25.5 Å². The molecule has 3 rings (SSSR count). The van der Waals surface area contributed by atoms with Gasteiger partial charge in [-0.2, -0.15) is 5.10 Å². The second kappa shape index (κ2) is 6.66. The van der Waals surface area contributed by atoms with Gasteiger partial charge in [0, 0.05) is 12.8 Å². The molecule has 0 radical (unpaired) electrons. The fourth-order valence-electron chi connectivity index (χ4n) is 2.47. The number of carbonyl (C=O) groups is 1. The molecule has 1 saturated heterocycles. The maximum Gasteiger partial charge on any atom is 0.153 e. The van der Waals surface area contributed by atoms with E-state index in [9.17, 15) is 9.18 Å². The number of carbonyl (C=O) groups excluding carboxylic acids is 1. The van der Waals surface area contributed by atoms with Crippen molar-refractivity contribution < 1.29 is 13.9 Å². The van der Waals surface area contributed by atoms with Crippen molar-refractivity contribution in [2.75, 3.05) is 6.61 Å². The molecule has 1 unspecified atom stereocenters. The van der Waals surface area contributed by atoms with Crippen LogP contribution < -0.4 is 0 Å². The Hall–Kier alpha value is -2.27. The molecule has 4 nitrogen and oxygen atoms in total. The molecular formula is C17H17FN2O2. The number of ether oxygens (including phenoxy) is 1. The number of halogens is 1. The van der Waals surface area contributed by atoms with Crippen LogP contribution in [0.5, 0.6) is 0 Å². The quantitative estimate of drug-likeness (QED) is 0.809. The molecule has 1 aliphatic rings. The highest BCUT2D eigenvalue weighted by atomic mass is 19.1. The van der Waals surface area contributed by atoms with Gasteiger partial charge in [-0.3, -0.25) is 4.79 Å². The van der Waals surface area contributed by atoms with Gasteiger partial charge >= 0.3 is 0 Å². The van der Waals surface area contributed by atoms with Gasteiger partial charge in [-0.1, -0.05) is 18.2 Å². The number of aldehydes is 1. The number of nitrogens with zero attached hydrogens (tertiary/aromatic N) is 2. The summed E-state index contributed by atoms with van der Waals surface area (Å²) in [7, 11) is 0. The number of benzene rings is 1. The van der Waals surface area contributed by atoms with Crippen molar-refractivity contribution >= 4 is 18.4 Å². The third kappa shape index (κ3) is 3.31. The lowest BCUT2D eigenvalue weighted by Gasteiger charge is -2.22.